The lowest BCUT2D eigenvalue weighted by Gasteiger charge is -2.37. The Balaban J connectivity index is 3.25. The van der Waals surface area contributed by atoms with E-state index < -0.39 is 6.17 Å². The monoisotopic (exact) mass is 282 g/mol. The van der Waals surface area contributed by atoms with Crippen LogP contribution in [0, 0.1) is 10.8 Å². The Morgan fingerprint density at radius 3 is 2.25 bits per heavy atom. The minimum atomic E-state index is -0.878. The van der Waals surface area contributed by atoms with E-state index in [-0.39, 0.29) is 10.8 Å². The first kappa shape index (κ1) is 17.3. The number of hydrogen-bond donors (Lipinski definition) is 0. The van der Waals surface area contributed by atoms with E-state index in [0.717, 1.165) is 36.2 Å². The molecule has 1 nitrogen and oxygen atoms in total. The maximum absolute atomic E-state index is 14.7. The largest absolute Gasteiger partial charge is 0.497 e. The van der Waals surface area contributed by atoms with Crippen molar-refractivity contribution in [2.75, 3.05) is 7.11 Å². The molecule has 2 heteroatoms. The van der Waals surface area contributed by atoms with Gasteiger partial charge in [0.25, 0.3) is 0 Å². The summed E-state index contributed by atoms with van der Waals surface area (Å²) in [6.07, 6.45) is 4.62. The summed E-state index contributed by atoms with van der Waals surface area (Å²) in [4.78, 5) is 0. The summed E-state index contributed by atoms with van der Waals surface area (Å²) in [5.41, 5.74) is 1.91. The van der Waals surface area contributed by atoms with Crippen LogP contribution < -0.4 is 0 Å². The zero-order chi connectivity index (χ0) is 15.6. The molecule has 0 saturated carbocycles. The van der Waals surface area contributed by atoms with Gasteiger partial charge in [-0.1, -0.05) is 48.0 Å². The highest BCUT2D eigenvalue weighted by molar-refractivity contribution is 5.38. The first-order chi connectivity index (χ1) is 9.19. The molecular formula is C18H31FO. The predicted octanol–water partition coefficient (Wildman–Crippen LogP) is 5.82. The van der Waals surface area contributed by atoms with Crippen molar-refractivity contribution in [1.29, 1.82) is 0 Å². The molecule has 0 aliphatic heterocycles. The van der Waals surface area contributed by atoms with Crippen LogP contribution in [0.5, 0.6) is 0 Å². The van der Waals surface area contributed by atoms with Gasteiger partial charge in [0, 0.05) is 6.42 Å². The zero-order valence-electron chi connectivity index (χ0n) is 14.3. The highest BCUT2D eigenvalue weighted by Gasteiger charge is 2.37. The van der Waals surface area contributed by atoms with Gasteiger partial charge in [0.15, 0.2) is 0 Å². The smallest absolute Gasteiger partial charge is 0.126 e. The Morgan fingerprint density at radius 2 is 1.80 bits per heavy atom. The van der Waals surface area contributed by atoms with Gasteiger partial charge in [0.05, 0.1) is 7.11 Å². The molecule has 20 heavy (non-hydrogen) atoms. The Kier molecular flexibility index (Phi) is 5.46. The van der Waals surface area contributed by atoms with Crippen molar-refractivity contribution in [3.63, 3.8) is 0 Å². The van der Waals surface area contributed by atoms with Crippen LogP contribution in [0.1, 0.15) is 67.2 Å². The van der Waals surface area contributed by atoms with Crippen molar-refractivity contribution in [2.24, 2.45) is 10.8 Å². The fourth-order valence-corrected chi connectivity index (χ4v) is 3.10. The lowest BCUT2D eigenvalue weighted by molar-refractivity contribution is 0.232. The quantitative estimate of drug-likeness (QED) is 0.596. The average molecular weight is 282 g/mol. The molecule has 116 valence electrons. The third kappa shape index (κ3) is 3.45. The molecule has 1 atom stereocenters. The molecule has 1 aliphatic rings. The standard InChI is InChI=1S/C18H31FO/c1-8-10-18(5,6)13-12-16(20-7)14(11-15(13)19)17(3,4)9-2/h12,15H,8-11H2,1-7H3. The summed E-state index contributed by atoms with van der Waals surface area (Å²) < 4.78 is 20.3. The second-order valence-corrected chi connectivity index (χ2v) is 7.19. The van der Waals surface area contributed by atoms with Crippen molar-refractivity contribution in [3.05, 3.63) is 23.0 Å². The highest BCUT2D eigenvalue weighted by Crippen LogP contribution is 2.45. The predicted molar refractivity (Wildman–Crippen MR) is 84.4 cm³/mol. The van der Waals surface area contributed by atoms with Crippen LogP contribution >= 0.6 is 0 Å². The van der Waals surface area contributed by atoms with Crippen molar-refractivity contribution < 1.29 is 9.13 Å². The van der Waals surface area contributed by atoms with Gasteiger partial charge in [-0.05, 0) is 40.9 Å². The maximum Gasteiger partial charge on any atom is 0.126 e. The summed E-state index contributed by atoms with van der Waals surface area (Å²) >= 11 is 0. The fraction of sp³-hybridized carbons (Fsp3) is 0.778. The van der Waals surface area contributed by atoms with Crippen LogP contribution in [0.25, 0.3) is 0 Å². The van der Waals surface area contributed by atoms with Crippen LogP contribution in [-0.2, 0) is 4.74 Å². The minimum Gasteiger partial charge on any atom is -0.497 e. The molecule has 0 aromatic rings. The maximum atomic E-state index is 14.7. The molecule has 1 aliphatic carbocycles. The number of alkyl halides is 1. The Bertz CT molecular complexity index is 402. The topological polar surface area (TPSA) is 9.23 Å². The van der Waals surface area contributed by atoms with Crippen LogP contribution in [0.3, 0.4) is 0 Å². The molecule has 0 fully saturated rings. The van der Waals surface area contributed by atoms with Gasteiger partial charge in [-0.2, -0.15) is 0 Å². The Labute approximate surface area is 124 Å². The first-order valence-corrected chi connectivity index (χ1v) is 7.83. The number of hydrogen-bond acceptors (Lipinski definition) is 1. The van der Waals surface area contributed by atoms with Gasteiger partial charge >= 0.3 is 0 Å². The van der Waals surface area contributed by atoms with Gasteiger partial charge in [-0.15, -0.1) is 0 Å². The SMILES string of the molecule is CCCC(C)(C)C1=CC(OC)=C(C(C)(C)CC)CC1F. The number of halogens is 1. The third-order valence-electron chi connectivity index (χ3n) is 4.88. The number of methoxy groups -OCH3 is 1. The zero-order valence-corrected chi connectivity index (χ0v) is 14.3. The van der Waals surface area contributed by atoms with Gasteiger partial charge < -0.3 is 4.74 Å². The molecule has 0 radical (unpaired) electrons. The number of rotatable bonds is 6. The summed E-state index contributed by atoms with van der Waals surface area (Å²) in [5.74, 6) is 0.880. The molecule has 0 aromatic heterocycles. The molecule has 1 unspecified atom stereocenters. The van der Waals surface area contributed by atoms with Crippen molar-refractivity contribution in [1.82, 2.24) is 0 Å². The molecule has 0 bridgehead atoms. The van der Waals surface area contributed by atoms with Crippen LogP contribution in [0.4, 0.5) is 4.39 Å². The van der Waals surface area contributed by atoms with E-state index in [2.05, 4.69) is 41.5 Å². The molecule has 0 heterocycles. The second kappa shape index (κ2) is 6.32. The molecule has 1 rings (SSSR count). The summed E-state index contributed by atoms with van der Waals surface area (Å²) in [5, 5.41) is 0. The Hall–Kier alpha value is -0.790. The van der Waals surface area contributed by atoms with Gasteiger partial charge in [0.2, 0.25) is 0 Å². The van der Waals surface area contributed by atoms with Crippen molar-refractivity contribution >= 4 is 0 Å². The van der Waals surface area contributed by atoms with E-state index in [1.807, 2.05) is 6.08 Å². The third-order valence-corrected chi connectivity index (χ3v) is 4.88. The first-order valence-electron chi connectivity index (χ1n) is 7.83. The molecular weight excluding hydrogens is 251 g/mol. The van der Waals surface area contributed by atoms with Crippen molar-refractivity contribution in [2.45, 2.75) is 73.4 Å². The Morgan fingerprint density at radius 1 is 1.20 bits per heavy atom. The molecule has 0 amide bonds. The van der Waals surface area contributed by atoms with Gasteiger partial charge in [-0.25, -0.2) is 4.39 Å². The summed E-state index contributed by atoms with van der Waals surface area (Å²) in [7, 11) is 1.70. The summed E-state index contributed by atoms with van der Waals surface area (Å²) in [6.45, 7) is 12.9. The lowest BCUT2D eigenvalue weighted by atomic mass is 9.70. The van der Waals surface area contributed by atoms with E-state index >= 15 is 0 Å². The van der Waals surface area contributed by atoms with Crippen LogP contribution in [-0.4, -0.2) is 13.3 Å². The van der Waals surface area contributed by atoms with Crippen LogP contribution in [0.2, 0.25) is 0 Å². The lowest BCUT2D eigenvalue weighted by Crippen LogP contribution is -2.29. The number of ether oxygens (including phenoxy) is 1. The van der Waals surface area contributed by atoms with E-state index in [9.17, 15) is 4.39 Å². The van der Waals surface area contributed by atoms with E-state index in [4.69, 9.17) is 4.74 Å². The average Bonchev–Trinajstić information content (AvgIpc) is 2.38. The molecule has 0 saturated heterocycles. The molecule has 0 spiro atoms. The van der Waals surface area contributed by atoms with Gasteiger partial charge in [-0.3, -0.25) is 0 Å². The second-order valence-electron chi connectivity index (χ2n) is 7.19. The number of allylic oxidation sites excluding steroid dienone is 3. The van der Waals surface area contributed by atoms with Crippen LogP contribution in [0.15, 0.2) is 23.0 Å². The van der Waals surface area contributed by atoms with Gasteiger partial charge in [0.1, 0.15) is 11.9 Å². The minimum absolute atomic E-state index is 0.00733. The molecule has 0 aromatic carbocycles. The molecule has 0 N–H and O–H groups in total. The van der Waals surface area contributed by atoms with E-state index in [1.54, 1.807) is 7.11 Å². The fourth-order valence-electron chi connectivity index (χ4n) is 3.10. The van der Waals surface area contributed by atoms with E-state index in [0.29, 0.717) is 6.42 Å². The highest BCUT2D eigenvalue weighted by atomic mass is 19.1. The normalized spacial score (nSPS) is 21.0. The van der Waals surface area contributed by atoms with Crippen molar-refractivity contribution in [3.8, 4) is 0 Å². The summed E-state index contributed by atoms with van der Waals surface area (Å²) in [6, 6.07) is 0. The van der Waals surface area contributed by atoms with E-state index in [1.165, 1.54) is 0 Å².